The van der Waals surface area contributed by atoms with Crippen LogP contribution in [-0.2, 0) is 11.8 Å². The van der Waals surface area contributed by atoms with Crippen molar-refractivity contribution < 1.29 is 4.42 Å². The van der Waals surface area contributed by atoms with Crippen molar-refractivity contribution >= 4 is 0 Å². The standard InChI is InChI=1S/C24H27NO/c1-7-11-21-25-22(23(26-21)18-12-9-8-10-13-18)19-14-15-20(24(4,5)6)17(3)16(19)2/h7-10,12-15H,1,11H2,2-6H3. The summed E-state index contributed by atoms with van der Waals surface area (Å²) in [7, 11) is 0. The molecule has 1 aromatic heterocycles. The Kier molecular flexibility index (Phi) is 4.86. The van der Waals surface area contributed by atoms with Gasteiger partial charge in [-0.25, -0.2) is 4.98 Å². The molecule has 0 fully saturated rings. The highest BCUT2D eigenvalue weighted by Gasteiger charge is 2.22. The van der Waals surface area contributed by atoms with Gasteiger partial charge in [0.25, 0.3) is 0 Å². The molecule has 0 N–H and O–H groups in total. The summed E-state index contributed by atoms with van der Waals surface area (Å²) < 4.78 is 6.11. The quantitative estimate of drug-likeness (QED) is 0.495. The summed E-state index contributed by atoms with van der Waals surface area (Å²) in [4.78, 5) is 4.80. The number of oxazole rings is 1. The van der Waals surface area contributed by atoms with Crippen molar-refractivity contribution in [2.45, 2.75) is 46.5 Å². The highest BCUT2D eigenvalue weighted by Crippen LogP contribution is 2.38. The van der Waals surface area contributed by atoms with Gasteiger partial charge in [0, 0.05) is 17.5 Å². The molecule has 0 bridgehead atoms. The molecule has 3 rings (SSSR count). The topological polar surface area (TPSA) is 26.0 Å². The van der Waals surface area contributed by atoms with Gasteiger partial charge in [-0.2, -0.15) is 0 Å². The minimum Gasteiger partial charge on any atom is -0.440 e. The van der Waals surface area contributed by atoms with E-state index in [1.807, 2.05) is 24.3 Å². The van der Waals surface area contributed by atoms with E-state index < -0.39 is 0 Å². The number of allylic oxidation sites excluding steroid dienone is 1. The van der Waals surface area contributed by atoms with Crippen molar-refractivity contribution in [2.75, 3.05) is 0 Å². The van der Waals surface area contributed by atoms with E-state index in [0.29, 0.717) is 12.3 Å². The van der Waals surface area contributed by atoms with Crippen LogP contribution in [0.25, 0.3) is 22.6 Å². The predicted molar refractivity (Wildman–Crippen MR) is 109 cm³/mol. The first-order valence-electron chi connectivity index (χ1n) is 9.10. The minimum atomic E-state index is 0.119. The van der Waals surface area contributed by atoms with Gasteiger partial charge in [0.1, 0.15) is 5.69 Å². The molecular formula is C24H27NO. The van der Waals surface area contributed by atoms with Gasteiger partial charge >= 0.3 is 0 Å². The monoisotopic (exact) mass is 345 g/mol. The van der Waals surface area contributed by atoms with E-state index in [0.717, 1.165) is 22.6 Å². The smallest absolute Gasteiger partial charge is 0.199 e. The number of hydrogen-bond acceptors (Lipinski definition) is 2. The number of rotatable bonds is 4. The molecule has 0 aliphatic rings. The van der Waals surface area contributed by atoms with Crippen LogP contribution in [0.15, 0.2) is 59.5 Å². The number of hydrogen-bond donors (Lipinski definition) is 0. The number of aromatic nitrogens is 1. The van der Waals surface area contributed by atoms with Gasteiger partial charge in [0.2, 0.25) is 0 Å². The van der Waals surface area contributed by atoms with E-state index in [1.165, 1.54) is 16.7 Å². The van der Waals surface area contributed by atoms with Crippen molar-refractivity contribution in [1.29, 1.82) is 0 Å². The summed E-state index contributed by atoms with van der Waals surface area (Å²) in [6, 6.07) is 14.6. The third-order valence-electron chi connectivity index (χ3n) is 4.88. The lowest BCUT2D eigenvalue weighted by Crippen LogP contribution is -2.14. The zero-order valence-corrected chi connectivity index (χ0v) is 16.4. The van der Waals surface area contributed by atoms with E-state index in [2.05, 4.69) is 65.5 Å². The SMILES string of the molecule is C=CCc1nc(-c2ccc(C(C)(C)C)c(C)c2C)c(-c2ccccc2)o1. The summed E-state index contributed by atoms with van der Waals surface area (Å²) in [5.74, 6) is 1.53. The van der Waals surface area contributed by atoms with Crippen LogP contribution in [0, 0.1) is 13.8 Å². The lowest BCUT2D eigenvalue weighted by atomic mass is 9.81. The maximum atomic E-state index is 6.11. The molecule has 2 nitrogen and oxygen atoms in total. The summed E-state index contributed by atoms with van der Waals surface area (Å²) in [5.41, 5.74) is 7.16. The second-order valence-corrected chi connectivity index (χ2v) is 7.80. The van der Waals surface area contributed by atoms with Crippen LogP contribution in [0.2, 0.25) is 0 Å². The van der Waals surface area contributed by atoms with Crippen LogP contribution < -0.4 is 0 Å². The normalized spacial score (nSPS) is 11.6. The molecule has 0 saturated heterocycles. The van der Waals surface area contributed by atoms with Crippen molar-refractivity contribution in [1.82, 2.24) is 4.98 Å². The fourth-order valence-corrected chi connectivity index (χ4v) is 3.43. The van der Waals surface area contributed by atoms with Crippen LogP contribution in [0.3, 0.4) is 0 Å². The Bertz CT molecular complexity index is 927. The number of benzene rings is 2. The van der Waals surface area contributed by atoms with E-state index in [9.17, 15) is 0 Å². The van der Waals surface area contributed by atoms with Gasteiger partial charge in [-0.1, -0.05) is 69.3 Å². The van der Waals surface area contributed by atoms with Gasteiger partial charge in [0.05, 0.1) is 0 Å². The lowest BCUT2D eigenvalue weighted by molar-refractivity contribution is 0.522. The Morgan fingerprint density at radius 3 is 2.31 bits per heavy atom. The van der Waals surface area contributed by atoms with Gasteiger partial charge in [-0.3, -0.25) is 0 Å². The van der Waals surface area contributed by atoms with Gasteiger partial charge in [0.15, 0.2) is 11.7 Å². The Labute approximate surface area is 156 Å². The highest BCUT2D eigenvalue weighted by molar-refractivity contribution is 5.79. The zero-order chi connectivity index (χ0) is 18.9. The molecule has 0 atom stereocenters. The molecule has 1 heterocycles. The molecule has 3 aromatic rings. The van der Waals surface area contributed by atoms with Crippen molar-refractivity contribution in [3.8, 4) is 22.6 Å². The van der Waals surface area contributed by atoms with E-state index in [1.54, 1.807) is 0 Å². The first-order chi connectivity index (χ1) is 12.3. The van der Waals surface area contributed by atoms with Crippen LogP contribution in [0.4, 0.5) is 0 Å². The molecule has 0 aliphatic carbocycles. The molecule has 0 aliphatic heterocycles. The van der Waals surface area contributed by atoms with Gasteiger partial charge in [-0.15, -0.1) is 6.58 Å². The second kappa shape index (κ2) is 6.95. The average Bonchev–Trinajstić information content (AvgIpc) is 3.01. The Balaban J connectivity index is 2.21. The molecule has 0 radical (unpaired) electrons. The zero-order valence-electron chi connectivity index (χ0n) is 16.4. The second-order valence-electron chi connectivity index (χ2n) is 7.80. The fraction of sp³-hybridized carbons (Fsp3) is 0.292. The Hall–Kier alpha value is -2.61. The van der Waals surface area contributed by atoms with Crippen molar-refractivity contribution in [3.63, 3.8) is 0 Å². The van der Waals surface area contributed by atoms with Crippen LogP contribution in [0.1, 0.15) is 43.4 Å². The van der Waals surface area contributed by atoms with E-state index in [4.69, 9.17) is 9.40 Å². The lowest BCUT2D eigenvalue weighted by Gasteiger charge is -2.24. The first kappa shape index (κ1) is 18.2. The van der Waals surface area contributed by atoms with Gasteiger partial charge < -0.3 is 4.42 Å². The minimum absolute atomic E-state index is 0.119. The van der Waals surface area contributed by atoms with Crippen LogP contribution >= 0.6 is 0 Å². The Morgan fingerprint density at radius 2 is 1.69 bits per heavy atom. The molecular weight excluding hydrogens is 318 g/mol. The molecule has 26 heavy (non-hydrogen) atoms. The van der Waals surface area contributed by atoms with E-state index >= 15 is 0 Å². The maximum absolute atomic E-state index is 6.11. The molecule has 0 spiro atoms. The van der Waals surface area contributed by atoms with Crippen molar-refractivity contribution in [3.05, 3.63) is 77.7 Å². The predicted octanol–water partition coefficient (Wildman–Crippen LogP) is 6.65. The first-order valence-corrected chi connectivity index (χ1v) is 9.10. The summed E-state index contributed by atoms with van der Waals surface area (Å²) in [6.45, 7) is 14.9. The van der Waals surface area contributed by atoms with Gasteiger partial charge in [-0.05, 0) is 36.0 Å². The largest absolute Gasteiger partial charge is 0.440 e. The van der Waals surface area contributed by atoms with Crippen molar-refractivity contribution in [2.24, 2.45) is 0 Å². The molecule has 0 saturated carbocycles. The highest BCUT2D eigenvalue weighted by atomic mass is 16.4. The molecule has 134 valence electrons. The van der Waals surface area contributed by atoms with Crippen LogP contribution in [0.5, 0.6) is 0 Å². The summed E-state index contributed by atoms with van der Waals surface area (Å²) >= 11 is 0. The number of nitrogens with zero attached hydrogens (tertiary/aromatic N) is 1. The molecule has 2 aromatic carbocycles. The molecule has 2 heteroatoms. The average molecular weight is 345 g/mol. The molecule has 0 amide bonds. The summed E-state index contributed by atoms with van der Waals surface area (Å²) in [6.07, 6.45) is 2.45. The summed E-state index contributed by atoms with van der Waals surface area (Å²) in [5, 5.41) is 0. The Morgan fingerprint density at radius 1 is 1.00 bits per heavy atom. The van der Waals surface area contributed by atoms with E-state index in [-0.39, 0.29) is 5.41 Å². The maximum Gasteiger partial charge on any atom is 0.199 e. The molecule has 0 unspecified atom stereocenters. The van der Waals surface area contributed by atoms with Crippen LogP contribution in [-0.4, -0.2) is 4.98 Å². The fourth-order valence-electron chi connectivity index (χ4n) is 3.43. The third-order valence-corrected chi connectivity index (χ3v) is 4.88. The third kappa shape index (κ3) is 3.37.